The van der Waals surface area contributed by atoms with E-state index in [9.17, 15) is 4.79 Å². The molecule has 2 atom stereocenters. The minimum Gasteiger partial charge on any atom is -0.478 e. The van der Waals surface area contributed by atoms with E-state index in [2.05, 4.69) is 15.2 Å². The van der Waals surface area contributed by atoms with Crippen molar-refractivity contribution in [3.8, 4) is 0 Å². The van der Waals surface area contributed by atoms with Crippen LogP contribution in [0.1, 0.15) is 41.7 Å². The van der Waals surface area contributed by atoms with Gasteiger partial charge in [-0.25, -0.2) is 9.78 Å². The molecule has 2 aliphatic heterocycles. The van der Waals surface area contributed by atoms with Gasteiger partial charge in [-0.15, -0.1) is 0 Å². The molecule has 2 unspecified atom stereocenters. The van der Waals surface area contributed by atoms with E-state index < -0.39 is 5.97 Å². The first kappa shape index (κ1) is 13.4. The van der Waals surface area contributed by atoms with Gasteiger partial charge in [-0.2, -0.15) is 0 Å². The summed E-state index contributed by atoms with van der Waals surface area (Å²) in [7, 11) is 0. The normalized spacial score (nSPS) is 26.2. The van der Waals surface area contributed by atoms with E-state index in [4.69, 9.17) is 5.11 Å². The predicted octanol–water partition coefficient (Wildman–Crippen LogP) is 2.13. The number of aromatic carboxylic acids is 1. The number of piperidine rings is 1. The predicted molar refractivity (Wildman–Crippen MR) is 77.2 cm³/mol. The van der Waals surface area contributed by atoms with Crippen LogP contribution in [0.5, 0.6) is 0 Å². The second-order valence-electron chi connectivity index (χ2n) is 5.89. The van der Waals surface area contributed by atoms with E-state index >= 15 is 0 Å². The zero-order valence-corrected chi connectivity index (χ0v) is 11.8. The lowest BCUT2D eigenvalue weighted by Gasteiger charge is -2.35. The molecule has 2 N–H and O–H groups in total. The van der Waals surface area contributed by atoms with Gasteiger partial charge in [0.25, 0.3) is 0 Å². The molecule has 0 spiro atoms. The van der Waals surface area contributed by atoms with Crippen molar-refractivity contribution >= 4 is 11.8 Å². The highest BCUT2D eigenvalue weighted by molar-refractivity contribution is 5.88. The third-order valence-corrected chi connectivity index (χ3v) is 4.37. The maximum absolute atomic E-state index is 11.1. The molecule has 3 heterocycles. The summed E-state index contributed by atoms with van der Waals surface area (Å²) in [6.45, 7) is 4.21. The van der Waals surface area contributed by atoms with Crippen molar-refractivity contribution in [3.63, 3.8) is 0 Å². The molecule has 2 fully saturated rings. The second-order valence-corrected chi connectivity index (χ2v) is 5.89. The van der Waals surface area contributed by atoms with Gasteiger partial charge in [0.2, 0.25) is 0 Å². The number of aromatic nitrogens is 1. The Balaban J connectivity index is 1.70. The zero-order valence-electron chi connectivity index (χ0n) is 11.8. The third kappa shape index (κ3) is 2.77. The van der Waals surface area contributed by atoms with Crippen molar-refractivity contribution < 1.29 is 9.90 Å². The summed E-state index contributed by atoms with van der Waals surface area (Å²) in [5.41, 5.74) is 1.05. The average molecular weight is 275 g/mol. The van der Waals surface area contributed by atoms with E-state index in [0.717, 1.165) is 25.1 Å². The number of hydrogen-bond acceptors (Lipinski definition) is 4. The van der Waals surface area contributed by atoms with Crippen molar-refractivity contribution in [1.82, 2.24) is 9.88 Å². The molecule has 5 heteroatoms. The first-order valence-electron chi connectivity index (χ1n) is 7.34. The maximum atomic E-state index is 11.1. The molecule has 0 saturated carbocycles. The molecular formula is C15H21N3O2. The van der Waals surface area contributed by atoms with Gasteiger partial charge in [-0.1, -0.05) is 0 Å². The molecule has 2 aliphatic rings. The van der Waals surface area contributed by atoms with Crippen LogP contribution in [0, 0.1) is 6.92 Å². The Morgan fingerprint density at radius 2 is 2.25 bits per heavy atom. The summed E-state index contributed by atoms with van der Waals surface area (Å²) in [6, 6.07) is 4.35. The zero-order chi connectivity index (χ0) is 14.1. The lowest BCUT2D eigenvalue weighted by molar-refractivity contribution is 0.0696. The summed E-state index contributed by atoms with van der Waals surface area (Å²) < 4.78 is 0. The second kappa shape index (κ2) is 5.40. The lowest BCUT2D eigenvalue weighted by atomic mass is 9.97. The monoisotopic (exact) mass is 275 g/mol. The number of nitrogens with one attached hydrogen (secondary N) is 1. The van der Waals surface area contributed by atoms with Gasteiger partial charge in [0, 0.05) is 24.3 Å². The lowest BCUT2D eigenvalue weighted by Crippen LogP contribution is -2.42. The van der Waals surface area contributed by atoms with Gasteiger partial charge < -0.3 is 15.3 Å². The van der Waals surface area contributed by atoms with Crippen LogP contribution < -0.4 is 5.32 Å². The Bertz CT molecular complexity index is 518. The van der Waals surface area contributed by atoms with Crippen molar-refractivity contribution in [2.45, 2.75) is 44.7 Å². The molecule has 0 amide bonds. The number of hydrogen-bond donors (Lipinski definition) is 2. The molecule has 3 rings (SSSR count). The highest BCUT2D eigenvalue weighted by Gasteiger charge is 2.31. The highest BCUT2D eigenvalue weighted by Crippen LogP contribution is 2.28. The maximum Gasteiger partial charge on any atom is 0.335 e. The number of carbonyl (C=O) groups is 1. The molecule has 1 aromatic rings. The molecule has 0 radical (unpaired) electrons. The van der Waals surface area contributed by atoms with Crippen LogP contribution in [0.2, 0.25) is 0 Å². The number of carboxylic acid groups (broad SMARTS) is 1. The molecule has 2 saturated heterocycles. The smallest absolute Gasteiger partial charge is 0.335 e. The molecule has 0 bridgehead atoms. The topological polar surface area (TPSA) is 65.5 Å². The first-order chi connectivity index (χ1) is 9.61. The SMILES string of the molecule is Cc1cc(C(=O)O)cc(NC2CCN3CCCC3C2)n1. The van der Waals surface area contributed by atoms with Crippen LogP contribution in [0.25, 0.3) is 0 Å². The molecular weight excluding hydrogens is 254 g/mol. The average Bonchev–Trinajstić information content (AvgIpc) is 2.85. The van der Waals surface area contributed by atoms with E-state index in [0.29, 0.717) is 23.5 Å². The van der Waals surface area contributed by atoms with Gasteiger partial charge in [0.1, 0.15) is 5.82 Å². The molecule has 1 aromatic heterocycles. The van der Waals surface area contributed by atoms with Crippen molar-refractivity contribution in [3.05, 3.63) is 23.4 Å². The van der Waals surface area contributed by atoms with Gasteiger partial charge >= 0.3 is 5.97 Å². The van der Waals surface area contributed by atoms with Crippen LogP contribution in [-0.2, 0) is 0 Å². The van der Waals surface area contributed by atoms with Crippen LogP contribution in [-0.4, -0.2) is 46.1 Å². The fourth-order valence-corrected chi connectivity index (χ4v) is 3.43. The van der Waals surface area contributed by atoms with Gasteiger partial charge in [-0.05, 0) is 51.3 Å². The Morgan fingerprint density at radius 3 is 3.05 bits per heavy atom. The Labute approximate surface area is 119 Å². The van der Waals surface area contributed by atoms with Crippen LogP contribution in [0.15, 0.2) is 12.1 Å². The highest BCUT2D eigenvalue weighted by atomic mass is 16.4. The number of nitrogens with zero attached hydrogens (tertiary/aromatic N) is 2. The van der Waals surface area contributed by atoms with E-state index in [1.165, 1.54) is 19.4 Å². The Kier molecular flexibility index (Phi) is 3.61. The number of rotatable bonds is 3. The number of fused-ring (bicyclic) bond motifs is 1. The van der Waals surface area contributed by atoms with E-state index in [-0.39, 0.29) is 0 Å². The van der Waals surface area contributed by atoms with Crippen molar-refractivity contribution in [1.29, 1.82) is 0 Å². The number of pyridine rings is 1. The molecule has 108 valence electrons. The Morgan fingerprint density at radius 1 is 1.40 bits per heavy atom. The van der Waals surface area contributed by atoms with Gasteiger partial charge in [0.15, 0.2) is 0 Å². The summed E-state index contributed by atoms with van der Waals surface area (Å²) in [5, 5.41) is 12.5. The first-order valence-corrected chi connectivity index (χ1v) is 7.34. The van der Waals surface area contributed by atoms with E-state index in [1.807, 2.05) is 6.92 Å². The van der Waals surface area contributed by atoms with Crippen molar-refractivity contribution in [2.75, 3.05) is 18.4 Å². The summed E-state index contributed by atoms with van der Waals surface area (Å²) >= 11 is 0. The number of aryl methyl sites for hydroxylation is 1. The molecule has 5 nitrogen and oxygen atoms in total. The largest absolute Gasteiger partial charge is 0.478 e. The summed E-state index contributed by atoms with van der Waals surface area (Å²) in [4.78, 5) is 18.1. The van der Waals surface area contributed by atoms with Gasteiger partial charge in [0.05, 0.1) is 5.56 Å². The third-order valence-electron chi connectivity index (χ3n) is 4.37. The quantitative estimate of drug-likeness (QED) is 0.884. The van der Waals surface area contributed by atoms with Crippen LogP contribution in [0.3, 0.4) is 0 Å². The van der Waals surface area contributed by atoms with Crippen LogP contribution in [0.4, 0.5) is 5.82 Å². The van der Waals surface area contributed by atoms with Crippen molar-refractivity contribution in [2.24, 2.45) is 0 Å². The number of anilines is 1. The fraction of sp³-hybridized carbons (Fsp3) is 0.600. The molecule has 20 heavy (non-hydrogen) atoms. The van der Waals surface area contributed by atoms with E-state index in [1.54, 1.807) is 12.1 Å². The summed E-state index contributed by atoms with van der Waals surface area (Å²) in [6.07, 6.45) is 4.84. The molecule has 0 aromatic carbocycles. The minimum absolute atomic E-state index is 0.304. The van der Waals surface area contributed by atoms with Gasteiger partial charge in [-0.3, -0.25) is 0 Å². The standard InChI is InChI=1S/C15H21N3O2/c1-10-7-11(15(19)20)8-14(16-10)17-12-4-6-18-5-2-3-13(18)9-12/h7-8,12-13H,2-6,9H2,1H3,(H,16,17)(H,19,20). The van der Waals surface area contributed by atoms with Crippen LogP contribution >= 0.6 is 0 Å². The summed E-state index contributed by atoms with van der Waals surface area (Å²) in [5.74, 6) is -0.206. The fourth-order valence-electron chi connectivity index (χ4n) is 3.43. The Hall–Kier alpha value is -1.62. The number of carboxylic acids is 1. The minimum atomic E-state index is -0.899. The molecule has 0 aliphatic carbocycles.